The van der Waals surface area contributed by atoms with Crippen molar-refractivity contribution < 1.29 is 14.6 Å². The second-order valence-corrected chi connectivity index (χ2v) is 4.38. The van der Waals surface area contributed by atoms with Crippen LogP contribution in [0.25, 0.3) is 0 Å². The minimum absolute atomic E-state index is 0.294. The van der Waals surface area contributed by atoms with Gasteiger partial charge in [-0.1, -0.05) is 18.2 Å². The second kappa shape index (κ2) is 3.18. The Labute approximate surface area is 64.8 Å². The third kappa shape index (κ3) is 1.90. The van der Waals surface area contributed by atoms with E-state index in [0.29, 0.717) is 5.30 Å². The largest absolute Gasteiger partial charge is 0.386 e. The zero-order valence-corrected chi connectivity index (χ0v) is 6.74. The van der Waals surface area contributed by atoms with Crippen molar-refractivity contribution in [3.8, 4) is 0 Å². The van der Waals surface area contributed by atoms with Gasteiger partial charge in [-0.05, 0) is 12.1 Å². The number of rotatable bonds is 2. The average Bonchev–Trinajstić information content (AvgIpc) is 2.06. The SMILES string of the molecule is O=P(O)(CO)c1ccccc1. The highest BCUT2D eigenvalue weighted by molar-refractivity contribution is 7.65. The highest BCUT2D eigenvalue weighted by Gasteiger charge is 2.18. The molecule has 0 radical (unpaired) electrons. The fraction of sp³-hybridized carbons (Fsp3) is 0.143. The fourth-order valence-electron chi connectivity index (χ4n) is 0.743. The Morgan fingerprint density at radius 1 is 1.27 bits per heavy atom. The highest BCUT2D eigenvalue weighted by Crippen LogP contribution is 2.36. The Hall–Kier alpha value is -0.630. The maximum absolute atomic E-state index is 11.1. The molecule has 0 saturated heterocycles. The van der Waals surface area contributed by atoms with E-state index in [4.69, 9.17) is 10.00 Å². The molecule has 0 amide bonds. The summed E-state index contributed by atoms with van der Waals surface area (Å²) in [5.74, 6) is 0. The third-order valence-electron chi connectivity index (χ3n) is 1.35. The molecule has 2 N–H and O–H groups in total. The Balaban J connectivity index is 3.03. The van der Waals surface area contributed by atoms with Gasteiger partial charge in [0.25, 0.3) is 7.37 Å². The monoisotopic (exact) mass is 172 g/mol. The van der Waals surface area contributed by atoms with Gasteiger partial charge in [-0.15, -0.1) is 0 Å². The Kier molecular flexibility index (Phi) is 2.45. The summed E-state index contributed by atoms with van der Waals surface area (Å²) < 4.78 is 11.1. The predicted octanol–water partition coefficient (Wildman–Crippen LogP) is 0.532. The summed E-state index contributed by atoms with van der Waals surface area (Å²) in [6.45, 7) is 0. The molecule has 0 bridgehead atoms. The van der Waals surface area contributed by atoms with Crippen LogP contribution in [0.4, 0.5) is 0 Å². The second-order valence-electron chi connectivity index (χ2n) is 2.18. The van der Waals surface area contributed by atoms with Gasteiger partial charge < -0.3 is 10.00 Å². The molecule has 4 heteroatoms. The molecule has 0 fully saturated rings. The molecule has 0 aliphatic carbocycles. The van der Waals surface area contributed by atoms with Crippen LogP contribution < -0.4 is 5.30 Å². The van der Waals surface area contributed by atoms with Gasteiger partial charge in [0.15, 0.2) is 0 Å². The first-order valence-electron chi connectivity index (χ1n) is 3.15. The molecule has 0 spiro atoms. The van der Waals surface area contributed by atoms with Crippen LogP contribution >= 0.6 is 7.37 Å². The zero-order valence-electron chi connectivity index (χ0n) is 5.84. The number of aliphatic hydroxyl groups is 1. The number of hydrogen-bond donors (Lipinski definition) is 2. The lowest BCUT2D eigenvalue weighted by Gasteiger charge is -2.06. The van der Waals surface area contributed by atoms with Crippen molar-refractivity contribution >= 4 is 12.7 Å². The zero-order chi connectivity index (χ0) is 8.32. The van der Waals surface area contributed by atoms with E-state index in [1.54, 1.807) is 18.2 Å². The number of aliphatic hydroxyl groups excluding tert-OH is 1. The van der Waals surface area contributed by atoms with E-state index in [9.17, 15) is 4.57 Å². The summed E-state index contributed by atoms with van der Waals surface area (Å²) in [5.41, 5.74) is 0. The first-order chi connectivity index (χ1) is 5.17. The van der Waals surface area contributed by atoms with Crippen molar-refractivity contribution in [3.05, 3.63) is 30.3 Å². The molecule has 0 saturated carbocycles. The molecular weight excluding hydrogens is 163 g/mol. The quantitative estimate of drug-likeness (QED) is 0.640. The standard InChI is InChI=1S/C7H9O3P/c8-6-11(9,10)7-4-2-1-3-5-7/h1-5,8H,6H2,(H,9,10). The lowest BCUT2D eigenvalue weighted by molar-refractivity contribution is 0.337. The van der Waals surface area contributed by atoms with Gasteiger partial charge in [0, 0.05) is 5.30 Å². The van der Waals surface area contributed by atoms with Crippen molar-refractivity contribution in [1.82, 2.24) is 0 Å². The summed E-state index contributed by atoms with van der Waals surface area (Å²) in [6, 6.07) is 8.12. The molecule has 0 aliphatic rings. The van der Waals surface area contributed by atoms with Crippen LogP contribution in [0.15, 0.2) is 30.3 Å². The van der Waals surface area contributed by atoms with E-state index in [1.165, 1.54) is 12.1 Å². The minimum atomic E-state index is -3.47. The van der Waals surface area contributed by atoms with Crippen LogP contribution in [-0.2, 0) is 4.57 Å². The third-order valence-corrected chi connectivity index (χ3v) is 2.84. The molecule has 1 atom stereocenters. The van der Waals surface area contributed by atoms with Crippen molar-refractivity contribution in [2.75, 3.05) is 6.35 Å². The highest BCUT2D eigenvalue weighted by atomic mass is 31.2. The van der Waals surface area contributed by atoms with Gasteiger partial charge >= 0.3 is 0 Å². The van der Waals surface area contributed by atoms with Crippen LogP contribution in [0, 0.1) is 0 Å². The minimum Gasteiger partial charge on any atom is -0.386 e. The fourth-order valence-corrected chi connectivity index (χ4v) is 1.54. The molecule has 0 aromatic heterocycles. The van der Waals surface area contributed by atoms with Crippen LogP contribution in [0.2, 0.25) is 0 Å². The first kappa shape index (κ1) is 8.47. The topological polar surface area (TPSA) is 57.5 Å². The normalized spacial score (nSPS) is 15.8. The molecule has 1 rings (SSSR count). The summed E-state index contributed by atoms with van der Waals surface area (Å²) in [6.07, 6.45) is -0.697. The van der Waals surface area contributed by atoms with Crippen molar-refractivity contribution in [2.45, 2.75) is 0 Å². The Morgan fingerprint density at radius 3 is 2.27 bits per heavy atom. The van der Waals surface area contributed by atoms with Gasteiger partial charge in [0.1, 0.15) is 6.35 Å². The van der Waals surface area contributed by atoms with E-state index in [2.05, 4.69) is 0 Å². The maximum Gasteiger partial charge on any atom is 0.254 e. The molecular formula is C7H9O3P. The first-order valence-corrected chi connectivity index (χ1v) is 4.99. The van der Waals surface area contributed by atoms with Crippen LogP contribution in [0.1, 0.15) is 0 Å². The summed E-state index contributed by atoms with van der Waals surface area (Å²) in [5, 5.41) is 8.83. The van der Waals surface area contributed by atoms with Crippen molar-refractivity contribution in [3.63, 3.8) is 0 Å². The van der Waals surface area contributed by atoms with Gasteiger partial charge in [-0.25, -0.2) is 0 Å². The molecule has 0 aliphatic heterocycles. The van der Waals surface area contributed by atoms with Gasteiger partial charge in [-0.3, -0.25) is 4.57 Å². The van der Waals surface area contributed by atoms with Crippen molar-refractivity contribution in [1.29, 1.82) is 0 Å². The molecule has 1 aromatic carbocycles. The van der Waals surface area contributed by atoms with E-state index in [-0.39, 0.29) is 0 Å². The smallest absolute Gasteiger partial charge is 0.254 e. The number of benzene rings is 1. The molecule has 3 nitrogen and oxygen atoms in total. The predicted molar refractivity (Wildman–Crippen MR) is 43.0 cm³/mol. The van der Waals surface area contributed by atoms with E-state index in [1.807, 2.05) is 0 Å². The van der Waals surface area contributed by atoms with Crippen LogP contribution in [0.5, 0.6) is 0 Å². The van der Waals surface area contributed by atoms with Crippen LogP contribution in [-0.4, -0.2) is 16.3 Å². The van der Waals surface area contributed by atoms with E-state index in [0.717, 1.165) is 0 Å². The molecule has 0 heterocycles. The summed E-state index contributed by atoms with van der Waals surface area (Å²) in [7, 11) is -3.47. The van der Waals surface area contributed by atoms with Gasteiger partial charge in [-0.2, -0.15) is 0 Å². The molecule has 1 aromatic rings. The molecule has 11 heavy (non-hydrogen) atoms. The maximum atomic E-state index is 11.1. The van der Waals surface area contributed by atoms with Gasteiger partial charge in [0.05, 0.1) is 0 Å². The Bertz CT molecular complexity index is 270. The molecule has 1 unspecified atom stereocenters. The molecule has 60 valence electrons. The number of hydrogen-bond acceptors (Lipinski definition) is 2. The lowest BCUT2D eigenvalue weighted by Crippen LogP contribution is -2.05. The summed E-state index contributed by atoms with van der Waals surface area (Å²) >= 11 is 0. The average molecular weight is 172 g/mol. The Morgan fingerprint density at radius 2 is 1.82 bits per heavy atom. The van der Waals surface area contributed by atoms with Crippen LogP contribution in [0.3, 0.4) is 0 Å². The summed E-state index contributed by atoms with van der Waals surface area (Å²) in [4.78, 5) is 9.10. The van der Waals surface area contributed by atoms with E-state index >= 15 is 0 Å². The van der Waals surface area contributed by atoms with Crippen molar-refractivity contribution in [2.24, 2.45) is 0 Å². The lowest BCUT2D eigenvalue weighted by atomic mass is 10.4. The van der Waals surface area contributed by atoms with Gasteiger partial charge in [0.2, 0.25) is 0 Å². The van der Waals surface area contributed by atoms with E-state index < -0.39 is 13.7 Å².